The van der Waals surface area contributed by atoms with Gasteiger partial charge >= 0.3 is 8.80 Å². The van der Waals surface area contributed by atoms with Crippen LogP contribution in [0.15, 0.2) is 6.20 Å². The number of aromatic nitrogens is 2. The van der Waals surface area contributed by atoms with Gasteiger partial charge in [0.1, 0.15) is 11.1 Å². The number of imidazole rings is 1. The van der Waals surface area contributed by atoms with Crippen molar-refractivity contribution in [1.82, 2.24) is 9.97 Å². The topological polar surface area (TPSA) is 56.4 Å². The van der Waals surface area contributed by atoms with E-state index < -0.39 is 8.80 Å². The lowest BCUT2D eigenvalue weighted by molar-refractivity contribution is 0.0851. The monoisotopic (exact) mass is 244 g/mol. The smallest absolute Gasteiger partial charge is 0.369 e. The van der Waals surface area contributed by atoms with Gasteiger partial charge < -0.3 is 18.3 Å². The minimum Gasteiger partial charge on any atom is -0.369 e. The van der Waals surface area contributed by atoms with Gasteiger partial charge in [0.05, 0.1) is 6.20 Å². The summed E-state index contributed by atoms with van der Waals surface area (Å²) >= 11 is 0. The number of nitrogens with zero attached hydrogens (tertiary/aromatic N) is 1. The zero-order valence-corrected chi connectivity index (χ0v) is 11.4. The lowest BCUT2D eigenvalue weighted by Gasteiger charge is -2.26. The summed E-state index contributed by atoms with van der Waals surface area (Å²) in [6.45, 7) is 9.38. The van der Waals surface area contributed by atoms with Gasteiger partial charge in [-0.05, 0) is 27.7 Å². The molecule has 0 radical (unpaired) electrons. The largest absolute Gasteiger partial charge is 0.555 e. The third kappa shape index (κ3) is 2.91. The molecule has 1 heterocycles. The van der Waals surface area contributed by atoms with Crippen molar-refractivity contribution in [1.29, 1.82) is 0 Å². The molecule has 0 bridgehead atoms. The first-order valence-electron chi connectivity index (χ1n) is 5.62. The van der Waals surface area contributed by atoms with E-state index in [1.165, 1.54) is 0 Å². The normalized spacial score (nSPS) is 12.0. The van der Waals surface area contributed by atoms with Crippen molar-refractivity contribution < 1.29 is 13.3 Å². The molecule has 0 saturated carbocycles. The van der Waals surface area contributed by atoms with E-state index in [1.54, 1.807) is 6.20 Å². The van der Waals surface area contributed by atoms with Gasteiger partial charge in [0.2, 0.25) is 0 Å². The van der Waals surface area contributed by atoms with E-state index >= 15 is 0 Å². The molecule has 0 fully saturated rings. The Labute approximate surface area is 97.5 Å². The first kappa shape index (κ1) is 13.4. The Morgan fingerprint density at radius 2 is 1.62 bits per heavy atom. The van der Waals surface area contributed by atoms with E-state index in [2.05, 4.69) is 9.97 Å². The molecule has 0 aromatic carbocycles. The van der Waals surface area contributed by atoms with Crippen LogP contribution in [0.1, 0.15) is 26.6 Å². The van der Waals surface area contributed by atoms with Crippen LogP contribution >= 0.6 is 0 Å². The summed E-state index contributed by atoms with van der Waals surface area (Å²) in [6, 6.07) is 0. The zero-order valence-electron chi connectivity index (χ0n) is 10.4. The number of aromatic amines is 1. The molecular formula is C10H20N2O3Si. The summed E-state index contributed by atoms with van der Waals surface area (Å²) in [5, 5.41) is 0.829. The maximum absolute atomic E-state index is 5.73. The Morgan fingerprint density at radius 1 is 1.12 bits per heavy atom. The second-order valence-electron chi connectivity index (χ2n) is 3.24. The Morgan fingerprint density at radius 3 is 1.94 bits per heavy atom. The lowest BCUT2D eigenvalue weighted by atomic mass is 10.8. The molecule has 0 atom stereocenters. The zero-order chi connectivity index (χ0) is 12.0. The second kappa shape index (κ2) is 6.14. The van der Waals surface area contributed by atoms with E-state index in [-0.39, 0.29) is 0 Å². The summed E-state index contributed by atoms with van der Waals surface area (Å²) in [7, 11) is -2.77. The first-order valence-corrected chi connectivity index (χ1v) is 7.34. The first-order chi connectivity index (χ1) is 7.68. The maximum atomic E-state index is 5.73. The summed E-state index contributed by atoms with van der Waals surface area (Å²) in [6.07, 6.45) is 1.74. The lowest BCUT2D eigenvalue weighted by Crippen LogP contribution is -2.57. The van der Waals surface area contributed by atoms with E-state index in [1.807, 2.05) is 27.7 Å². The summed E-state index contributed by atoms with van der Waals surface area (Å²) < 4.78 is 17.2. The molecule has 0 aliphatic carbocycles. The number of hydrogen-bond acceptors (Lipinski definition) is 4. The highest BCUT2D eigenvalue weighted by atomic mass is 28.4. The highest BCUT2D eigenvalue weighted by Gasteiger charge is 2.45. The van der Waals surface area contributed by atoms with Crippen molar-refractivity contribution in [2.24, 2.45) is 0 Å². The molecule has 0 saturated heterocycles. The van der Waals surface area contributed by atoms with Crippen molar-refractivity contribution in [3.8, 4) is 0 Å². The molecule has 0 amide bonds. The molecule has 0 unspecified atom stereocenters. The SMILES string of the molecule is CCO[Si](OCC)(OCC)c1cnc(C)[nH]1. The third-order valence-corrected chi connectivity index (χ3v) is 4.96. The molecular weight excluding hydrogens is 224 g/mol. The van der Waals surface area contributed by atoms with Crippen LogP contribution in [0.25, 0.3) is 0 Å². The quantitative estimate of drug-likeness (QED) is 0.726. The van der Waals surface area contributed by atoms with Crippen molar-refractivity contribution in [2.45, 2.75) is 27.7 Å². The van der Waals surface area contributed by atoms with Gasteiger partial charge in [-0.1, -0.05) is 0 Å². The van der Waals surface area contributed by atoms with Crippen LogP contribution in [0.2, 0.25) is 0 Å². The summed E-state index contributed by atoms with van der Waals surface area (Å²) in [5.41, 5.74) is 0. The van der Waals surface area contributed by atoms with Crippen LogP contribution in [-0.2, 0) is 13.3 Å². The van der Waals surface area contributed by atoms with Crippen LogP contribution in [-0.4, -0.2) is 38.6 Å². The van der Waals surface area contributed by atoms with Gasteiger partial charge in [0, 0.05) is 19.8 Å². The summed E-state index contributed by atoms with van der Waals surface area (Å²) in [4.78, 5) is 7.32. The Balaban J connectivity index is 2.98. The second-order valence-corrected chi connectivity index (χ2v) is 5.75. The van der Waals surface area contributed by atoms with Gasteiger partial charge in [-0.15, -0.1) is 0 Å². The van der Waals surface area contributed by atoms with Crippen LogP contribution in [0.5, 0.6) is 0 Å². The molecule has 1 N–H and O–H groups in total. The molecule has 0 spiro atoms. The fraction of sp³-hybridized carbons (Fsp3) is 0.700. The van der Waals surface area contributed by atoms with Crippen molar-refractivity contribution in [2.75, 3.05) is 19.8 Å². The third-order valence-electron chi connectivity index (χ3n) is 2.04. The van der Waals surface area contributed by atoms with Gasteiger partial charge in [0.15, 0.2) is 0 Å². The molecule has 6 heteroatoms. The minimum atomic E-state index is -2.77. The molecule has 16 heavy (non-hydrogen) atoms. The Kier molecular flexibility index (Phi) is 5.13. The standard InChI is InChI=1S/C10H20N2O3Si/c1-5-13-16(14-6-2,15-7-3)10-8-11-9(4)12-10/h8H,5-7H2,1-4H3,(H,11,12). The van der Waals surface area contributed by atoms with Crippen molar-refractivity contribution >= 4 is 14.1 Å². The van der Waals surface area contributed by atoms with Crippen LogP contribution in [0.4, 0.5) is 0 Å². The molecule has 5 nitrogen and oxygen atoms in total. The fourth-order valence-corrected chi connectivity index (χ4v) is 3.92. The van der Waals surface area contributed by atoms with Crippen LogP contribution in [0.3, 0.4) is 0 Å². The fourth-order valence-electron chi connectivity index (χ4n) is 1.50. The number of hydrogen-bond donors (Lipinski definition) is 1. The number of rotatable bonds is 7. The van der Waals surface area contributed by atoms with E-state index in [9.17, 15) is 0 Å². The predicted molar refractivity (Wildman–Crippen MR) is 63.6 cm³/mol. The van der Waals surface area contributed by atoms with Crippen LogP contribution in [0, 0.1) is 6.92 Å². The predicted octanol–water partition coefficient (Wildman–Crippen LogP) is 0.974. The van der Waals surface area contributed by atoms with Gasteiger partial charge in [0.25, 0.3) is 0 Å². The van der Waals surface area contributed by atoms with Crippen LogP contribution < -0.4 is 5.32 Å². The molecule has 92 valence electrons. The van der Waals surface area contributed by atoms with Crippen molar-refractivity contribution in [3.05, 3.63) is 12.0 Å². The Hall–Kier alpha value is -0.693. The van der Waals surface area contributed by atoms with E-state index in [0.717, 1.165) is 11.1 Å². The molecule has 0 aliphatic rings. The minimum absolute atomic E-state index is 0.560. The van der Waals surface area contributed by atoms with Gasteiger partial charge in [-0.3, -0.25) is 0 Å². The summed E-state index contributed by atoms with van der Waals surface area (Å²) in [5.74, 6) is 0.839. The van der Waals surface area contributed by atoms with Crippen molar-refractivity contribution in [3.63, 3.8) is 0 Å². The highest BCUT2D eigenvalue weighted by molar-refractivity contribution is 6.74. The van der Waals surface area contributed by atoms with E-state index in [0.29, 0.717) is 19.8 Å². The van der Waals surface area contributed by atoms with E-state index in [4.69, 9.17) is 13.3 Å². The number of H-pyrrole nitrogens is 1. The molecule has 1 rings (SSSR count). The maximum Gasteiger partial charge on any atom is 0.555 e. The van der Waals surface area contributed by atoms with Gasteiger partial charge in [-0.25, -0.2) is 4.98 Å². The number of nitrogens with one attached hydrogen (secondary N) is 1. The number of aryl methyl sites for hydroxylation is 1. The average molecular weight is 244 g/mol. The molecule has 0 aliphatic heterocycles. The van der Waals surface area contributed by atoms with Gasteiger partial charge in [-0.2, -0.15) is 0 Å². The highest BCUT2D eigenvalue weighted by Crippen LogP contribution is 2.09. The molecule has 1 aromatic heterocycles. The Bertz CT molecular complexity index is 300. The average Bonchev–Trinajstić information content (AvgIpc) is 2.66. The molecule has 1 aromatic rings.